The van der Waals surface area contributed by atoms with E-state index in [9.17, 15) is 9.90 Å². The van der Waals surface area contributed by atoms with Gasteiger partial charge in [0.15, 0.2) is 11.5 Å². The predicted octanol–water partition coefficient (Wildman–Crippen LogP) is 2.73. The lowest BCUT2D eigenvalue weighted by molar-refractivity contribution is 0.101. The molecule has 1 aromatic carbocycles. The molecule has 2 aromatic rings. The smallest absolute Gasteiger partial charge is 0.179 e. The van der Waals surface area contributed by atoms with Crippen molar-refractivity contribution in [2.75, 3.05) is 0 Å². The van der Waals surface area contributed by atoms with Gasteiger partial charge in [-0.3, -0.25) is 4.79 Å². The van der Waals surface area contributed by atoms with Gasteiger partial charge >= 0.3 is 0 Å². The highest BCUT2D eigenvalue weighted by atomic mass is 35.5. The average molecular weight is 210 g/mol. The Labute approximate surface area is 85.3 Å². The van der Waals surface area contributed by atoms with Crippen LogP contribution in [-0.4, -0.2) is 15.9 Å². The lowest BCUT2D eigenvalue weighted by atomic mass is 10.2. The molecule has 1 heterocycles. The number of aromatic hydroxyl groups is 1. The summed E-state index contributed by atoms with van der Waals surface area (Å²) in [7, 11) is 0. The van der Waals surface area contributed by atoms with Gasteiger partial charge < -0.3 is 10.1 Å². The summed E-state index contributed by atoms with van der Waals surface area (Å²) in [5.41, 5.74) is 0.930. The molecule has 1 aromatic heterocycles. The minimum atomic E-state index is -0.199. The van der Waals surface area contributed by atoms with E-state index < -0.39 is 0 Å². The lowest BCUT2D eigenvalue weighted by Crippen LogP contribution is -1.91. The first-order chi connectivity index (χ1) is 6.59. The number of carbonyl (C=O) groups excluding carboxylic acids is 1. The van der Waals surface area contributed by atoms with E-state index in [0.717, 1.165) is 0 Å². The van der Waals surface area contributed by atoms with Crippen LogP contribution >= 0.6 is 11.6 Å². The van der Waals surface area contributed by atoms with E-state index in [2.05, 4.69) is 4.98 Å². The number of hydrogen-bond acceptors (Lipinski definition) is 2. The minimum absolute atomic E-state index is 0.0324. The first kappa shape index (κ1) is 9.09. The van der Waals surface area contributed by atoms with Crippen molar-refractivity contribution in [2.45, 2.75) is 6.92 Å². The summed E-state index contributed by atoms with van der Waals surface area (Å²) in [5, 5.41) is 10.8. The molecule has 0 saturated carbocycles. The van der Waals surface area contributed by atoms with Gasteiger partial charge in [-0.05, 0) is 18.2 Å². The van der Waals surface area contributed by atoms with Gasteiger partial charge in [-0.15, -0.1) is 0 Å². The SMILES string of the molecule is CC(=O)c1[nH]c2ccc(Cl)cc2c1O. The van der Waals surface area contributed by atoms with Crippen LogP contribution in [0.1, 0.15) is 17.4 Å². The molecule has 0 aliphatic rings. The molecule has 0 atom stereocenters. The van der Waals surface area contributed by atoms with E-state index >= 15 is 0 Å². The third-order valence-corrected chi connectivity index (χ3v) is 2.32. The number of benzene rings is 1. The summed E-state index contributed by atoms with van der Waals surface area (Å²) in [5.74, 6) is -0.232. The van der Waals surface area contributed by atoms with E-state index in [4.69, 9.17) is 11.6 Å². The third kappa shape index (κ3) is 1.26. The molecule has 0 radical (unpaired) electrons. The summed E-state index contributed by atoms with van der Waals surface area (Å²) in [6, 6.07) is 5.04. The standard InChI is InChI=1S/C10H8ClNO2/c1-5(13)9-10(14)7-4-6(11)2-3-8(7)12-9/h2-4,12,14H,1H3. The van der Waals surface area contributed by atoms with Crippen molar-refractivity contribution < 1.29 is 9.90 Å². The summed E-state index contributed by atoms with van der Waals surface area (Å²) in [6.45, 7) is 1.39. The Morgan fingerprint density at radius 2 is 2.21 bits per heavy atom. The predicted molar refractivity (Wildman–Crippen MR) is 55.0 cm³/mol. The quantitative estimate of drug-likeness (QED) is 0.710. The molecule has 0 bridgehead atoms. The number of H-pyrrole nitrogens is 1. The second kappa shape index (κ2) is 3.03. The van der Waals surface area contributed by atoms with Crippen LogP contribution in [0.5, 0.6) is 5.75 Å². The number of fused-ring (bicyclic) bond motifs is 1. The molecule has 3 nitrogen and oxygen atoms in total. The Kier molecular flexibility index (Phi) is 1.97. The van der Waals surface area contributed by atoms with Crippen LogP contribution in [0.4, 0.5) is 0 Å². The third-order valence-electron chi connectivity index (χ3n) is 2.09. The Morgan fingerprint density at radius 3 is 2.86 bits per heavy atom. The summed E-state index contributed by atoms with van der Waals surface area (Å²) >= 11 is 5.77. The number of Topliss-reactive ketones (excluding diaryl/α,β-unsaturated/α-hetero) is 1. The number of hydrogen-bond donors (Lipinski definition) is 2. The fourth-order valence-electron chi connectivity index (χ4n) is 1.40. The number of rotatable bonds is 1. The number of halogens is 1. The van der Waals surface area contributed by atoms with Crippen LogP contribution in [0.2, 0.25) is 5.02 Å². The van der Waals surface area contributed by atoms with Gasteiger partial charge in [0.1, 0.15) is 5.69 Å². The molecular weight excluding hydrogens is 202 g/mol. The fourth-order valence-corrected chi connectivity index (χ4v) is 1.58. The second-order valence-electron chi connectivity index (χ2n) is 3.09. The molecule has 2 rings (SSSR count). The Hall–Kier alpha value is -1.48. The number of ketones is 1. The van der Waals surface area contributed by atoms with E-state index in [1.165, 1.54) is 6.92 Å². The van der Waals surface area contributed by atoms with Crippen molar-refractivity contribution in [1.29, 1.82) is 0 Å². The molecule has 0 saturated heterocycles. The molecule has 0 unspecified atom stereocenters. The van der Waals surface area contributed by atoms with Gasteiger partial charge in [-0.25, -0.2) is 0 Å². The van der Waals surface area contributed by atoms with Crippen molar-refractivity contribution in [3.05, 3.63) is 28.9 Å². The number of nitrogens with one attached hydrogen (secondary N) is 1. The summed E-state index contributed by atoms with van der Waals surface area (Å²) in [4.78, 5) is 13.9. The molecule has 4 heteroatoms. The molecular formula is C10H8ClNO2. The molecule has 0 fully saturated rings. The van der Waals surface area contributed by atoms with Gasteiger partial charge in [0.2, 0.25) is 0 Å². The number of aromatic nitrogens is 1. The largest absolute Gasteiger partial charge is 0.505 e. The maximum Gasteiger partial charge on any atom is 0.179 e. The van der Waals surface area contributed by atoms with Crippen molar-refractivity contribution in [1.82, 2.24) is 4.98 Å². The van der Waals surface area contributed by atoms with Crippen LogP contribution in [0.3, 0.4) is 0 Å². The summed E-state index contributed by atoms with van der Waals surface area (Å²) < 4.78 is 0. The second-order valence-corrected chi connectivity index (χ2v) is 3.53. The van der Waals surface area contributed by atoms with Crippen LogP contribution in [0.15, 0.2) is 18.2 Å². The molecule has 0 aliphatic carbocycles. The van der Waals surface area contributed by atoms with Crippen LogP contribution in [-0.2, 0) is 0 Å². The van der Waals surface area contributed by atoms with Crippen LogP contribution in [0, 0.1) is 0 Å². The molecule has 2 N–H and O–H groups in total. The van der Waals surface area contributed by atoms with Crippen LogP contribution in [0.25, 0.3) is 10.9 Å². The van der Waals surface area contributed by atoms with Crippen molar-refractivity contribution >= 4 is 28.3 Å². The summed E-state index contributed by atoms with van der Waals surface area (Å²) in [6.07, 6.45) is 0. The fraction of sp³-hybridized carbons (Fsp3) is 0.100. The van der Waals surface area contributed by atoms with E-state index in [1.54, 1.807) is 18.2 Å². The number of aromatic amines is 1. The molecule has 14 heavy (non-hydrogen) atoms. The normalized spacial score (nSPS) is 10.7. The van der Waals surface area contributed by atoms with Gasteiger partial charge in [-0.1, -0.05) is 11.6 Å². The zero-order chi connectivity index (χ0) is 10.3. The van der Waals surface area contributed by atoms with Crippen LogP contribution < -0.4 is 0 Å². The highest BCUT2D eigenvalue weighted by Crippen LogP contribution is 2.30. The monoisotopic (exact) mass is 209 g/mol. The minimum Gasteiger partial charge on any atom is -0.505 e. The lowest BCUT2D eigenvalue weighted by Gasteiger charge is -1.91. The van der Waals surface area contributed by atoms with E-state index in [1.807, 2.05) is 0 Å². The van der Waals surface area contributed by atoms with Gasteiger partial charge in [0.05, 0.1) is 0 Å². The van der Waals surface area contributed by atoms with E-state index in [0.29, 0.717) is 15.9 Å². The van der Waals surface area contributed by atoms with Gasteiger partial charge in [-0.2, -0.15) is 0 Å². The van der Waals surface area contributed by atoms with Gasteiger partial charge in [0.25, 0.3) is 0 Å². The first-order valence-corrected chi connectivity index (χ1v) is 4.48. The molecule has 0 aliphatic heterocycles. The van der Waals surface area contributed by atoms with Crippen molar-refractivity contribution in [3.8, 4) is 5.75 Å². The maximum atomic E-state index is 11.1. The first-order valence-electron chi connectivity index (χ1n) is 4.10. The number of carbonyl (C=O) groups is 1. The Morgan fingerprint density at radius 1 is 1.50 bits per heavy atom. The molecule has 0 amide bonds. The van der Waals surface area contributed by atoms with E-state index in [-0.39, 0.29) is 17.2 Å². The molecule has 72 valence electrons. The van der Waals surface area contributed by atoms with Crippen molar-refractivity contribution in [3.63, 3.8) is 0 Å². The van der Waals surface area contributed by atoms with Gasteiger partial charge in [0, 0.05) is 22.8 Å². The molecule has 0 spiro atoms. The zero-order valence-corrected chi connectivity index (χ0v) is 8.22. The Balaban J connectivity index is 2.80. The highest BCUT2D eigenvalue weighted by Gasteiger charge is 2.13. The maximum absolute atomic E-state index is 11.1. The topological polar surface area (TPSA) is 53.1 Å². The average Bonchev–Trinajstić information content (AvgIpc) is 2.44. The Bertz CT molecular complexity index is 516. The highest BCUT2D eigenvalue weighted by molar-refractivity contribution is 6.31. The zero-order valence-electron chi connectivity index (χ0n) is 7.47. The van der Waals surface area contributed by atoms with Crippen molar-refractivity contribution in [2.24, 2.45) is 0 Å².